The second-order valence-corrected chi connectivity index (χ2v) is 9.18. The van der Waals surface area contributed by atoms with Crippen molar-refractivity contribution in [1.29, 1.82) is 0 Å². The topological polar surface area (TPSA) is 62.6 Å². The highest BCUT2D eigenvalue weighted by atomic mass is 32.1. The molecule has 0 amide bonds. The molecule has 0 aliphatic carbocycles. The number of hydrogen-bond donors (Lipinski definition) is 1. The molecule has 0 saturated carbocycles. The number of para-hydroxylation sites is 1. The minimum atomic E-state index is -0.354. The van der Waals surface area contributed by atoms with E-state index in [1.807, 2.05) is 42.6 Å². The summed E-state index contributed by atoms with van der Waals surface area (Å²) in [7, 11) is 5.53. The maximum absolute atomic E-state index is 12.5. The van der Waals surface area contributed by atoms with Crippen LogP contribution >= 0.6 is 12.2 Å². The number of likely N-dealkylation sites (N-methyl/N-ethyl adjacent to an activating group) is 1. The van der Waals surface area contributed by atoms with E-state index < -0.39 is 0 Å². The molecule has 1 aliphatic rings. The van der Waals surface area contributed by atoms with E-state index in [1.165, 1.54) is 7.11 Å². The van der Waals surface area contributed by atoms with Crippen LogP contribution in [-0.2, 0) is 4.74 Å². The third kappa shape index (κ3) is 4.43. The fourth-order valence-electron chi connectivity index (χ4n) is 4.70. The van der Waals surface area contributed by atoms with Crippen LogP contribution in [0.4, 0.5) is 0 Å². The van der Waals surface area contributed by atoms with Gasteiger partial charge in [-0.3, -0.25) is 4.98 Å². The number of ether oxygens (including phenoxy) is 1. The number of esters is 1. The quantitative estimate of drug-likeness (QED) is 0.410. The van der Waals surface area contributed by atoms with Gasteiger partial charge in [0.25, 0.3) is 0 Å². The molecule has 2 atom stereocenters. The smallest absolute Gasteiger partial charge is 0.339 e. The standard InChI is InChI=1S/C26H31N5O2S/c1-17-16-20(18(2)31(17)22-12-7-6-10-19(22)25(32)33-5)24-23(21-11-8-9-13-27-21)28-26(34)30(24)15-14-29(3)4/h6-13,16,23-24H,14-15H2,1-5H3,(H,28,34)/t23-,24+/m1/s1. The lowest BCUT2D eigenvalue weighted by atomic mass is 9.96. The van der Waals surface area contributed by atoms with Gasteiger partial charge in [-0.25, -0.2) is 4.79 Å². The first kappa shape index (κ1) is 23.9. The fourth-order valence-corrected chi connectivity index (χ4v) is 5.03. The van der Waals surface area contributed by atoms with Crippen LogP contribution in [0.25, 0.3) is 5.69 Å². The van der Waals surface area contributed by atoms with Crippen LogP contribution < -0.4 is 5.32 Å². The van der Waals surface area contributed by atoms with Crippen molar-refractivity contribution in [3.63, 3.8) is 0 Å². The lowest BCUT2D eigenvalue weighted by molar-refractivity contribution is 0.0600. The van der Waals surface area contributed by atoms with Crippen molar-refractivity contribution in [3.05, 3.63) is 82.9 Å². The highest BCUT2D eigenvalue weighted by Gasteiger charge is 2.41. The van der Waals surface area contributed by atoms with E-state index in [-0.39, 0.29) is 18.1 Å². The normalized spacial score (nSPS) is 17.8. The maximum atomic E-state index is 12.5. The van der Waals surface area contributed by atoms with Crippen molar-refractivity contribution in [3.8, 4) is 5.69 Å². The molecule has 1 N–H and O–H groups in total. The Labute approximate surface area is 206 Å². The SMILES string of the molecule is COC(=O)c1ccccc1-n1c(C)cc([C@H]2[C@@H](c3ccccn3)NC(=S)N2CCN(C)C)c1C. The number of aromatic nitrogens is 2. The lowest BCUT2D eigenvalue weighted by Crippen LogP contribution is -2.35. The van der Waals surface area contributed by atoms with E-state index in [2.05, 4.69) is 58.7 Å². The molecule has 0 unspecified atom stereocenters. The zero-order valence-corrected chi connectivity index (χ0v) is 21.1. The lowest BCUT2D eigenvalue weighted by Gasteiger charge is -2.29. The molecular formula is C26H31N5O2S. The zero-order chi connectivity index (χ0) is 24.4. The van der Waals surface area contributed by atoms with Crippen LogP contribution in [0.5, 0.6) is 0 Å². The van der Waals surface area contributed by atoms with Gasteiger partial charge in [0.05, 0.1) is 36.1 Å². The molecule has 0 spiro atoms. The molecule has 0 bridgehead atoms. The van der Waals surface area contributed by atoms with Crippen molar-refractivity contribution in [2.45, 2.75) is 25.9 Å². The summed E-state index contributed by atoms with van der Waals surface area (Å²) in [6.45, 7) is 5.81. The summed E-state index contributed by atoms with van der Waals surface area (Å²) >= 11 is 5.79. The van der Waals surface area contributed by atoms with Crippen LogP contribution in [0.1, 0.15) is 45.1 Å². The molecule has 2 aromatic heterocycles. The third-order valence-corrected chi connectivity index (χ3v) is 6.68. The van der Waals surface area contributed by atoms with Crippen LogP contribution in [0, 0.1) is 13.8 Å². The van der Waals surface area contributed by atoms with E-state index in [1.54, 1.807) is 6.07 Å². The number of carbonyl (C=O) groups is 1. The van der Waals surface area contributed by atoms with Crippen molar-refractivity contribution >= 4 is 23.3 Å². The molecule has 1 aliphatic heterocycles. The van der Waals surface area contributed by atoms with Crippen LogP contribution in [0.3, 0.4) is 0 Å². The van der Waals surface area contributed by atoms with Gasteiger partial charge in [0, 0.05) is 30.7 Å². The number of nitrogens with one attached hydrogen (secondary N) is 1. The van der Waals surface area contributed by atoms with Gasteiger partial charge >= 0.3 is 5.97 Å². The van der Waals surface area contributed by atoms with Crippen LogP contribution in [-0.4, -0.2) is 64.7 Å². The summed E-state index contributed by atoms with van der Waals surface area (Å²) in [5.41, 5.74) is 5.53. The molecule has 1 fully saturated rings. The van der Waals surface area contributed by atoms with Gasteiger partial charge in [-0.2, -0.15) is 0 Å². The highest BCUT2D eigenvalue weighted by molar-refractivity contribution is 7.80. The number of aryl methyl sites for hydroxylation is 1. The van der Waals surface area contributed by atoms with Gasteiger partial charge in [0.15, 0.2) is 5.11 Å². The van der Waals surface area contributed by atoms with Gasteiger partial charge in [0.2, 0.25) is 0 Å². The third-order valence-electron chi connectivity index (χ3n) is 6.33. The number of thiocarbonyl (C=S) groups is 1. The van der Waals surface area contributed by atoms with Crippen LogP contribution in [0.15, 0.2) is 54.7 Å². The summed E-state index contributed by atoms with van der Waals surface area (Å²) in [5, 5.41) is 4.24. The van der Waals surface area contributed by atoms with Crippen molar-refractivity contribution in [1.82, 2.24) is 24.7 Å². The van der Waals surface area contributed by atoms with E-state index in [0.717, 1.165) is 46.5 Å². The molecule has 4 rings (SSSR count). The minimum absolute atomic E-state index is 0.0346. The van der Waals surface area contributed by atoms with Crippen molar-refractivity contribution < 1.29 is 9.53 Å². The second-order valence-electron chi connectivity index (χ2n) is 8.79. The highest BCUT2D eigenvalue weighted by Crippen LogP contribution is 2.41. The monoisotopic (exact) mass is 477 g/mol. The number of benzene rings is 1. The average molecular weight is 478 g/mol. The van der Waals surface area contributed by atoms with Gasteiger partial charge in [-0.05, 0) is 76.1 Å². The van der Waals surface area contributed by atoms with Gasteiger partial charge in [0.1, 0.15) is 0 Å². The van der Waals surface area contributed by atoms with E-state index in [4.69, 9.17) is 17.0 Å². The molecule has 8 heteroatoms. The van der Waals surface area contributed by atoms with E-state index in [9.17, 15) is 4.79 Å². The molecule has 1 saturated heterocycles. The predicted molar refractivity (Wildman–Crippen MR) is 137 cm³/mol. The largest absolute Gasteiger partial charge is 0.465 e. The first-order valence-corrected chi connectivity index (χ1v) is 11.7. The number of rotatable bonds is 7. The van der Waals surface area contributed by atoms with Gasteiger partial charge in [-0.1, -0.05) is 18.2 Å². The van der Waals surface area contributed by atoms with Crippen LogP contribution in [0.2, 0.25) is 0 Å². The Kier molecular flexibility index (Phi) is 7.00. The average Bonchev–Trinajstić information content (AvgIpc) is 3.32. The molecular weight excluding hydrogens is 446 g/mol. The number of hydrogen-bond acceptors (Lipinski definition) is 5. The van der Waals surface area contributed by atoms with E-state index in [0.29, 0.717) is 5.56 Å². The van der Waals surface area contributed by atoms with Crippen molar-refractivity contribution in [2.75, 3.05) is 34.3 Å². The summed E-state index contributed by atoms with van der Waals surface area (Å²) < 4.78 is 7.17. The summed E-state index contributed by atoms with van der Waals surface area (Å²) in [4.78, 5) is 21.5. The first-order chi connectivity index (χ1) is 16.3. The molecule has 34 heavy (non-hydrogen) atoms. The number of methoxy groups -OCH3 is 1. The van der Waals surface area contributed by atoms with E-state index >= 15 is 0 Å². The maximum Gasteiger partial charge on any atom is 0.339 e. The summed E-state index contributed by atoms with van der Waals surface area (Å²) in [6.07, 6.45) is 1.81. The Morgan fingerprint density at radius 2 is 1.91 bits per heavy atom. The Bertz CT molecular complexity index is 1190. The van der Waals surface area contributed by atoms with Gasteiger partial charge < -0.3 is 24.4 Å². The summed E-state index contributed by atoms with van der Waals surface area (Å²) in [5.74, 6) is -0.354. The Morgan fingerprint density at radius 1 is 1.18 bits per heavy atom. The summed E-state index contributed by atoms with van der Waals surface area (Å²) in [6, 6.07) is 15.6. The Balaban J connectivity index is 1.84. The molecule has 3 heterocycles. The minimum Gasteiger partial charge on any atom is -0.465 e. The molecule has 3 aromatic rings. The zero-order valence-electron chi connectivity index (χ0n) is 20.3. The Hall–Kier alpha value is -3.23. The molecule has 1 aromatic carbocycles. The fraction of sp³-hybridized carbons (Fsp3) is 0.346. The molecule has 7 nitrogen and oxygen atoms in total. The first-order valence-electron chi connectivity index (χ1n) is 11.3. The Morgan fingerprint density at radius 3 is 2.59 bits per heavy atom. The van der Waals surface area contributed by atoms with Gasteiger partial charge in [-0.15, -0.1) is 0 Å². The number of carbonyl (C=O) groups excluding carboxylic acids is 1. The molecule has 0 radical (unpaired) electrons. The number of nitrogens with zero attached hydrogens (tertiary/aromatic N) is 4. The molecule has 178 valence electrons. The van der Waals surface area contributed by atoms with Crippen molar-refractivity contribution in [2.24, 2.45) is 0 Å². The second kappa shape index (κ2) is 9.95. The predicted octanol–water partition coefficient (Wildman–Crippen LogP) is 3.81. The number of pyridine rings is 1.